The minimum absolute atomic E-state index is 0.447. The van der Waals surface area contributed by atoms with Crippen LogP contribution in [0.15, 0.2) is 12.1 Å². The Kier molecular flexibility index (Phi) is 7.55. The van der Waals surface area contributed by atoms with E-state index in [1.165, 1.54) is 25.7 Å². The van der Waals surface area contributed by atoms with E-state index in [1.807, 2.05) is 13.8 Å². The SMILES string of the molecule is CC(C)(O)CNC1CCCC1.O=[N+]([O-])c1cc([N+](=O)[O-])c(O)c([N+](=O)[O-])c1. The number of phenols is 1. The second kappa shape index (κ2) is 9.19. The van der Waals surface area contributed by atoms with Crippen LogP contribution in [0.2, 0.25) is 0 Å². The molecule has 0 atom stereocenters. The predicted octanol–water partition coefficient (Wildman–Crippen LogP) is 2.41. The number of aromatic hydroxyl groups is 1. The van der Waals surface area contributed by atoms with Gasteiger partial charge in [-0.05, 0) is 26.7 Å². The highest BCUT2D eigenvalue weighted by molar-refractivity contribution is 5.64. The van der Waals surface area contributed by atoms with E-state index in [-0.39, 0.29) is 0 Å². The number of nitro groups is 3. The van der Waals surface area contributed by atoms with Gasteiger partial charge in [0.2, 0.25) is 0 Å². The number of phenolic OH excluding ortho intramolecular Hbond substituents is 1. The van der Waals surface area contributed by atoms with Gasteiger partial charge in [0.1, 0.15) is 0 Å². The number of nitrogens with zero attached hydrogens (tertiary/aromatic N) is 3. The largest absolute Gasteiger partial charge is 0.497 e. The number of non-ortho nitro benzene ring substituents is 1. The van der Waals surface area contributed by atoms with Crippen molar-refractivity contribution in [3.63, 3.8) is 0 Å². The summed E-state index contributed by atoms with van der Waals surface area (Å²) in [6.45, 7) is 4.40. The standard InChI is InChI=1S/C9H19NO.C6H3N3O7/c1-9(2,11)7-10-8-5-3-4-6-8;10-6-4(8(13)14)1-3(7(11)12)2-5(6)9(15)16/h8,10-11H,3-7H2,1-2H3;1-2,10H. The van der Waals surface area contributed by atoms with Crippen LogP contribution in [0.3, 0.4) is 0 Å². The van der Waals surface area contributed by atoms with Crippen LogP contribution in [0.25, 0.3) is 0 Å². The van der Waals surface area contributed by atoms with Crippen LogP contribution in [0.4, 0.5) is 17.1 Å². The number of aliphatic hydroxyl groups is 1. The zero-order valence-electron chi connectivity index (χ0n) is 15.0. The third-order valence-corrected chi connectivity index (χ3v) is 3.84. The lowest BCUT2D eigenvalue weighted by molar-refractivity contribution is -0.404. The molecular formula is C15H22N4O8. The molecule has 1 fully saturated rings. The van der Waals surface area contributed by atoms with Gasteiger partial charge in [-0.3, -0.25) is 30.3 Å². The first-order valence-electron chi connectivity index (χ1n) is 8.18. The summed E-state index contributed by atoms with van der Waals surface area (Å²) in [7, 11) is 0. The first kappa shape index (κ1) is 22.2. The molecule has 150 valence electrons. The average molecular weight is 386 g/mol. The van der Waals surface area contributed by atoms with Crippen LogP contribution < -0.4 is 5.32 Å². The normalized spacial score (nSPS) is 14.3. The number of hydrogen-bond donors (Lipinski definition) is 3. The Balaban J connectivity index is 0.000000289. The summed E-state index contributed by atoms with van der Waals surface area (Å²) in [5.41, 5.74) is -3.55. The van der Waals surface area contributed by atoms with Crippen LogP contribution in [-0.4, -0.2) is 43.2 Å². The van der Waals surface area contributed by atoms with Gasteiger partial charge in [0.05, 0.1) is 32.5 Å². The molecule has 0 aromatic heterocycles. The maximum Gasteiger partial charge on any atom is 0.324 e. The molecule has 0 heterocycles. The van der Waals surface area contributed by atoms with Crippen LogP contribution in [0.5, 0.6) is 5.75 Å². The summed E-state index contributed by atoms with van der Waals surface area (Å²) in [6.07, 6.45) is 5.28. The highest BCUT2D eigenvalue weighted by atomic mass is 16.6. The molecule has 0 aliphatic heterocycles. The Hall–Kier alpha value is -2.86. The lowest BCUT2D eigenvalue weighted by atomic mass is 10.1. The van der Waals surface area contributed by atoms with E-state index >= 15 is 0 Å². The molecule has 1 saturated carbocycles. The number of nitro benzene ring substituents is 3. The molecule has 0 spiro atoms. The number of rotatable bonds is 6. The number of nitrogens with one attached hydrogen (secondary N) is 1. The van der Waals surface area contributed by atoms with Crippen molar-refractivity contribution >= 4 is 17.1 Å². The number of benzene rings is 1. The quantitative estimate of drug-likeness (QED) is 0.488. The van der Waals surface area contributed by atoms with E-state index < -0.39 is 43.2 Å². The summed E-state index contributed by atoms with van der Waals surface area (Å²) in [6, 6.07) is 1.56. The zero-order valence-corrected chi connectivity index (χ0v) is 15.0. The van der Waals surface area contributed by atoms with Gasteiger partial charge in [-0.2, -0.15) is 0 Å². The van der Waals surface area contributed by atoms with Crippen molar-refractivity contribution in [1.82, 2.24) is 5.32 Å². The maximum absolute atomic E-state index is 10.4. The Morgan fingerprint density at radius 1 is 1.04 bits per heavy atom. The molecule has 0 unspecified atom stereocenters. The summed E-state index contributed by atoms with van der Waals surface area (Å²) in [4.78, 5) is 27.8. The van der Waals surface area contributed by atoms with Gasteiger partial charge >= 0.3 is 11.4 Å². The molecule has 0 radical (unpaired) electrons. The fourth-order valence-corrected chi connectivity index (χ4v) is 2.50. The zero-order chi connectivity index (χ0) is 20.8. The lowest BCUT2D eigenvalue weighted by Crippen LogP contribution is -2.39. The van der Waals surface area contributed by atoms with E-state index in [9.17, 15) is 35.4 Å². The highest BCUT2D eigenvalue weighted by Gasteiger charge is 2.30. The minimum atomic E-state index is -1.21. The van der Waals surface area contributed by atoms with Crippen molar-refractivity contribution in [3.05, 3.63) is 42.5 Å². The molecule has 0 bridgehead atoms. The van der Waals surface area contributed by atoms with E-state index in [2.05, 4.69) is 5.32 Å². The van der Waals surface area contributed by atoms with Crippen LogP contribution >= 0.6 is 0 Å². The van der Waals surface area contributed by atoms with Gasteiger partial charge in [0.15, 0.2) is 0 Å². The van der Waals surface area contributed by atoms with Crippen molar-refractivity contribution in [3.8, 4) is 5.75 Å². The van der Waals surface area contributed by atoms with E-state index in [0.29, 0.717) is 18.2 Å². The average Bonchev–Trinajstić information content (AvgIpc) is 3.05. The Labute approximate surface area is 154 Å². The third-order valence-electron chi connectivity index (χ3n) is 3.84. The first-order valence-corrected chi connectivity index (χ1v) is 8.18. The molecule has 3 N–H and O–H groups in total. The summed E-state index contributed by atoms with van der Waals surface area (Å²) >= 11 is 0. The van der Waals surface area contributed by atoms with Crippen molar-refractivity contribution < 1.29 is 25.0 Å². The Morgan fingerprint density at radius 3 is 1.81 bits per heavy atom. The van der Waals surface area contributed by atoms with E-state index in [1.54, 1.807) is 0 Å². The van der Waals surface area contributed by atoms with Crippen molar-refractivity contribution in [2.75, 3.05) is 6.54 Å². The molecule has 12 heteroatoms. The summed E-state index contributed by atoms with van der Waals surface area (Å²) < 4.78 is 0. The second-order valence-electron chi connectivity index (χ2n) is 6.78. The monoisotopic (exact) mass is 386 g/mol. The Bertz CT molecular complexity index is 675. The van der Waals surface area contributed by atoms with Gasteiger partial charge < -0.3 is 15.5 Å². The maximum atomic E-state index is 10.4. The molecule has 0 saturated heterocycles. The second-order valence-corrected chi connectivity index (χ2v) is 6.78. The first-order chi connectivity index (χ1) is 12.4. The van der Waals surface area contributed by atoms with Gasteiger partial charge in [-0.15, -0.1) is 0 Å². The molecule has 1 aliphatic rings. The Morgan fingerprint density at radius 2 is 1.48 bits per heavy atom. The van der Waals surface area contributed by atoms with Crippen LogP contribution in [-0.2, 0) is 0 Å². The van der Waals surface area contributed by atoms with E-state index in [0.717, 1.165) is 6.54 Å². The molecule has 27 heavy (non-hydrogen) atoms. The smallest absolute Gasteiger partial charge is 0.324 e. The topological polar surface area (TPSA) is 182 Å². The van der Waals surface area contributed by atoms with Gasteiger partial charge in [0.25, 0.3) is 11.4 Å². The van der Waals surface area contributed by atoms with Gasteiger partial charge in [0, 0.05) is 12.6 Å². The van der Waals surface area contributed by atoms with Crippen molar-refractivity contribution in [2.45, 2.75) is 51.2 Å². The summed E-state index contributed by atoms with van der Waals surface area (Å²) in [5, 5.41) is 53.0. The molecule has 2 rings (SSSR count). The molecule has 12 nitrogen and oxygen atoms in total. The predicted molar refractivity (Wildman–Crippen MR) is 94.6 cm³/mol. The summed E-state index contributed by atoms with van der Waals surface area (Å²) in [5.74, 6) is -1.21. The third kappa shape index (κ3) is 7.11. The van der Waals surface area contributed by atoms with Crippen LogP contribution in [0, 0.1) is 30.3 Å². The lowest BCUT2D eigenvalue weighted by Gasteiger charge is -2.20. The molecule has 0 amide bonds. The molecule has 1 aromatic rings. The van der Waals surface area contributed by atoms with Crippen molar-refractivity contribution in [2.24, 2.45) is 0 Å². The fourth-order valence-electron chi connectivity index (χ4n) is 2.50. The molecule has 1 aromatic carbocycles. The van der Waals surface area contributed by atoms with Gasteiger partial charge in [-0.1, -0.05) is 12.8 Å². The molecule has 1 aliphatic carbocycles. The fraction of sp³-hybridized carbons (Fsp3) is 0.600. The van der Waals surface area contributed by atoms with Crippen molar-refractivity contribution in [1.29, 1.82) is 0 Å². The highest BCUT2D eigenvalue weighted by Crippen LogP contribution is 2.38. The van der Waals surface area contributed by atoms with E-state index in [4.69, 9.17) is 5.11 Å². The minimum Gasteiger partial charge on any atom is -0.497 e. The van der Waals surface area contributed by atoms with Gasteiger partial charge in [-0.25, -0.2) is 0 Å². The molecular weight excluding hydrogens is 364 g/mol. The van der Waals surface area contributed by atoms with Crippen LogP contribution in [0.1, 0.15) is 39.5 Å². The number of hydrogen-bond acceptors (Lipinski definition) is 9.